The van der Waals surface area contributed by atoms with E-state index in [-0.39, 0.29) is 5.91 Å². The zero-order valence-corrected chi connectivity index (χ0v) is 21.0. The standard InChI is InChI=1S/C28H37ClN2O3/c1-2-3-4-5-6-7-8-9-10-11-12-13-27(32)31-30-22-23-14-20-26(21-15-23)34-28(33)24-16-18-25(29)19-17-24/h14-22H,2-13H2,1H3,(H,31,32). The second-order valence-corrected chi connectivity index (χ2v) is 8.98. The number of rotatable bonds is 16. The number of ether oxygens (including phenoxy) is 1. The van der Waals surface area contributed by atoms with Gasteiger partial charge in [0.05, 0.1) is 11.8 Å². The van der Waals surface area contributed by atoms with Crippen molar-refractivity contribution in [3.05, 3.63) is 64.7 Å². The fraction of sp³-hybridized carbons (Fsp3) is 0.464. The van der Waals surface area contributed by atoms with E-state index >= 15 is 0 Å². The van der Waals surface area contributed by atoms with E-state index in [2.05, 4.69) is 17.5 Å². The minimum Gasteiger partial charge on any atom is -0.423 e. The van der Waals surface area contributed by atoms with E-state index in [1.54, 1.807) is 54.7 Å². The molecule has 5 nitrogen and oxygen atoms in total. The molecule has 0 spiro atoms. The second kappa shape index (κ2) is 16.9. The average Bonchev–Trinajstić information content (AvgIpc) is 2.84. The summed E-state index contributed by atoms with van der Waals surface area (Å²) in [4.78, 5) is 24.1. The van der Waals surface area contributed by atoms with E-state index in [1.807, 2.05) is 0 Å². The molecule has 2 aromatic rings. The highest BCUT2D eigenvalue weighted by atomic mass is 35.5. The Morgan fingerprint density at radius 1 is 0.824 bits per heavy atom. The highest BCUT2D eigenvalue weighted by Gasteiger charge is 2.08. The first-order chi connectivity index (χ1) is 16.6. The van der Waals surface area contributed by atoms with Crippen LogP contribution < -0.4 is 10.2 Å². The van der Waals surface area contributed by atoms with Crippen LogP contribution in [-0.2, 0) is 4.79 Å². The summed E-state index contributed by atoms with van der Waals surface area (Å²) < 4.78 is 5.35. The number of nitrogens with zero attached hydrogens (tertiary/aromatic N) is 1. The van der Waals surface area contributed by atoms with Crippen molar-refractivity contribution in [3.63, 3.8) is 0 Å². The summed E-state index contributed by atoms with van der Waals surface area (Å²) in [5, 5.41) is 4.57. The third kappa shape index (κ3) is 12.0. The molecule has 0 saturated carbocycles. The van der Waals surface area contributed by atoms with Gasteiger partial charge in [0.1, 0.15) is 5.75 Å². The molecule has 0 atom stereocenters. The predicted molar refractivity (Wildman–Crippen MR) is 140 cm³/mol. The van der Waals surface area contributed by atoms with Crippen molar-refractivity contribution < 1.29 is 14.3 Å². The van der Waals surface area contributed by atoms with Gasteiger partial charge in [-0.25, -0.2) is 10.2 Å². The molecule has 0 unspecified atom stereocenters. The molecule has 1 amide bonds. The van der Waals surface area contributed by atoms with Crippen molar-refractivity contribution in [2.75, 3.05) is 0 Å². The van der Waals surface area contributed by atoms with E-state index in [0.29, 0.717) is 22.8 Å². The highest BCUT2D eigenvalue weighted by Crippen LogP contribution is 2.16. The first-order valence-electron chi connectivity index (χ1n) is 12.5. The number of esters is 1. The first-order valence-corrected chi connectivity index (χ1v) is 12.9. The first kappa shape index (κ1) is 27.6. The van der Waals surface area contributed by atoms with Crippen LogP contribution >= 0.6 is 11.6 Å². The summed E-state index contributed by atoms with van der Waals surface area (Å²) in [5.41, 5.74) is 3.79. The number of carbonyl (C=O) groups is 2. The van der Waals surface area contributed by atoms with Crippen LogP contribution in [-0.4, -0.2) is 18.1 Å². The maximum atomic E-state index is 12.1. The maximum absolute atomic E-state index is 12.1. The van der Waals surface area contributed by atoms with E-state index in [9.17, 15) is 9.59 Å². The van der Waals surface area contributed by atoms with Crippen molar-refractivity contribution >= 4 is 29.7 Å². The van der Waals surface area contributed by atoms with E-state index in [4.69, 9.17) is 16.3 Å². The van der Waals surface area contributed by atoms with Gasteiger partial charge < -0.3 is 4.74 Å². The molecule has 0 fully saturated rings. The number of halogens is 1. The van der Waals surface area contributed by atoms with E-state index in [1.165, 1.54) is 57.8 Å². The Kier molecular flexibility index (Phi) is 13.7. The molecule has 1 N–H and O–H groups in total. The predicted octanol–water partition coefficient (Wildman–Crippen LogP) is 7.71. The van der Waals surface area contributed by atoms with Crippen molar-refractivity contribution in [2.24, 2.45) is 5.10 Å². The number of benzene rings is 2. The van der Waals surface area contributed by atoms with Crippen LogP contribution in [0.4, 0.5) is 0 Å². The van der Waals surface area contributed by atoms with Crippen LogP contribution in [0.5, 0.6) is 5.75 Å². The van der Waals surface area contributed by atoms with Crippen molar-refractivity contribution in [1.29, 1.82) is 0 Å². The lowest BCUT2D eigenvalue weighted by molar-refractivity contribution is -0.121. The number of hydrazone groups is 1. The minimum absolute atomic E-state index is 0.0688. The zero-order valence-electron chi connectivity index (χ0n) is 20.2. The molecular weight excluding hydrogens is 448 g/mol. The van der Waals surface area contributed by atoms with Crippen LogP contribution in [0.1, 0.15) is 99.9 Å². The Balaban J connectivity index is 1.55. The molecular formula is C28H37ClN2O3. The zero-order chi connectivity index (χ0) is 24.4. The van der Waals surface area contributed by atoms with Crippen LogP contribution in [0.25, 0.3) is 0 Å². The largest absolute Gasteiger partial charge is 0.423 e. The van der Waals surface area contributed by atoms with Gasteiger partial charge in [0.15, 0.2) is 0 Å². The average molecular weight is 485 g/mol. The van der Waals surface area contributed by atoms with Crippen molar-refractivity contribution in [2.45, 2.75) is 84.0 Å². The summed E-state index contributed by atoms with van der Waals surface area (Å²) in [5.74, 6) is -0.0916. The summed E-state index contributed by atoms with van der Waals surface area (Å²) >= 11 is 5.83. The highest BCUT2D eigenvalue weighted by molar-refractivity contribution is 6.30. The fourth-order valence-electron chi connectivity index (χ4n) is 3.56. The number of hydrogen-bond donors (Lipinski definition) is 1. The van der Waals surface area contributed by atoms with Crippen LogP contribution in [0, 0.1) is 0 Å². The summed E-state index contributed by atoms with van der Waals surface area (Å²) in [7, 11) is 0. The van der Waals surface area contributed by atoms with Gasteiger partial charge in [-0.1, -0.05) is 82.7 Å². The Labute approximate surface area is 208 Å². The molecule has 0 aliphatic carbocycles. The quantitative estimate of drug-likeness (QED) is 0.0871. The summed E-state index contributed by atoms with van der Waals surface area (Å²) in [6, 6.07) is 13.4. The normalized spacial score (nSPS) is 11.0. The maximum Gasteiger partial charge on any atom is 0.343 e. The fourth-order valence-corrected chi connectivity index (χ4v) is 3.68. The number of hydrogen-bond acceptors (Lipinski definition) is 4. The smallest absolute Gasteiger partial charge is 0.343 e. The summed E-state index contributed by atoms with van der Waals surface area (Å²) in [6.07, 6.45) is 15.9. The minimum atomic E-state index is -0.451. The lowest BCUT2D eigenvalue weighted by Gasteiger charge is -2.05. The van der Waals surface area contributed by atoms with Gasteiger partial charge in [0, 0.05) is 11.4 Å². The van der Waals surface area contributed by atoms with Gasteiger partial charge in [-0.05, 0) is 60.5 Å². The Hall–Kier alpha value is -2.66. The van der Waals surface area contributed by atoms with Gasteiger partial charge in [0.2, 0.25) is 5.91 Å². The number of unbranched alkanes of at least 4 members (excludes halogenated alkanes) is 10. The lowest BCUT2D eigenvalue weighted by Crippen LogP contribution is -2.16. The van der Waals surface area contributed by atoms with Crippen LogP contribution in [0.3, 0.4) is 0 Å². The summed E-state index contributed by atoms with van der Waals surface area (Å²) in [6.45, 7) is 2.25. The molecule has 0 heterocycles. The third-order valence-corrected chi connectivity index (χ3v) is 5.83. The monoisotopic (exact) mass is 484 g/mol. The number of nitrogens with one attached hydrogen (secondary N) is 1. The van der Waals surface area contributed by atoms with Gasteiger partial charge >= 0.3 is 5.97 Å². The molecule has 0 bridgehead atoms. The number of carbonyl (C=O) groups excluding carboxylic acids is 2. The van der Waals surface area contributed by atoms with Gasteiger partial charge in [-0.3, -0.25) is 4.79 Å². The Morgan fingerprint density at radius 2 is 1.38 bits per heavy atom. The Bertz CT molecular complexity index is 880. The topological polar surface area (TPSA) is 67.8 Å². The van der Waals surface area contributed by atoms with E-state index in [0.717, 1.165) is 18.4 Å². The molecule has 2 rings (SSSR count). The number of amides is 1. The van der Waals surface area contributed by atoms with Crippen LogP contribution in [0.2, 0.25) is 5.02 Å². The molecule has 0 aromatic heterocycles. The molecule has 184 valence electrons. The second-order valence-electron chi connectivity index (χ2n) is 8.54. The molecule has 34 heavy (non-hydrogen) atoms. The SMILES string of the molecule is CCCCCCCCCCCCCC(=O)NN=Cc1ccc(OC(=O)c2ccc(Cl)cc2)cc1. The Morgan fingerprint density at radius 3 is 1.97 bits per heavy atom. The molecule has 0 saturated heterocycles. The van der Waals surface area contributed by atoms with Gasteiger partial charge in [0.25, 0.3) is 0 Å². The van der Waals surface area contributed by atoms with Gasteiger partial charge in [-0.2, -0.15) is 5.10 Å². The lowest BCUT2D eigenvalue weighted by atomic mass is 10.1. The molecule has 0 aliphatic rings. The van der Waals surface area contributed by atoms with Gasteiger partial charge in [-0.15, -0.1) is 0 Å². The van der Waals surface area contributed by atoms with Crippen LogP contribution in [0.15, 0.2) is 53.6 Å². The van der Waals surface area contributed by atoms with Crippen molar-refractivity contribution in [3.8, 4) is 5.75 Å². The third-order valence-electron chi connectivity index (χ3n) is 5.58. The molecule has 2 aromatic carbocycles. The van der Waals surface area contributed by atoms with Crippen molar-refractivity contribution in [1.82, 2.24) is 5.43 Å². The molecule has 0 radical (unpaired) electrons. The molecule has 6 heteroatoms. The van der Waals surface area contributed by atoms with E-state index < -0.39 is 5.97 Å². The molecule has 0 aliphatic heterocycles.